The average molecular weight is 426 g/mol. The van der Waals surface area contributed by atoms with Crippen LogP contribution in [0.1, 0.15) is 88.8 Å². The maximum atomic E-state index is 13.4. The van der Waals surface area contributed by atoms with Crippen LogP contribution in [0.4, 0.5) is 11.5 Å². The van der Waals surface area contributed by atoms with Gasteiger partial charge in [-0.15, -0.1) is 10.2 Å². The van der Waals surface area contributed by atoms with Gasteiger partial charge in [-0.05, 0) is 43.7 Å². The van der Waals surface area contributed by atoms with E-state index in [9.17, 15) is 14.7 Å². The summed E-state index contributed by atoms with van der Waals surface area (Å²) >= 11 is 0. The van der Waals surface area contributed by atoms with Crippen molar-refractivity contribution in [2.75, 3.05) is 0 Å². The van der Waals surface area contributed by atoms with Gasteiger partial charge in [0.25, 0.3) is 5.56 Å². The summed E-state index contributed by atoms with van der Waals surface area (Å²) in [5, 5.41) is 19.2. The Bertz CT molecular complexity index is 1040. The van der Waals surface area contributed by atoms with Crippen molar-refractivity contribution in [1.82, 2.24) is 14.1 Å². The van der Waals surface area contributed by atoms with Gasteiger partial charge in [0.2, 0.25) is 11.6 Å². The summed E-state index contributed by atoms with van der Waals surface area (Å²) < 4.78 is 2.73. The highest BCUT2D eigenvalue weighted by Crippen LogP contribution is 2.34. The van der Waals surface area contributed by atoms with Crippen molar-refractivity contribution in [2.45, 2.75) is 89.6 Å². The molecule has 0 radical (unpaired) electrons. The fourth-order valence-corrected chi connectivity index (χ4v) is 4.82. The predicted molar refractivity (Wildman–Crippen MR) is 119 cm³/mol. The first-order valence-electron chi connectivity index (χ1n) is 11.6. The van der Waals surface area contributed by atoms with Gasteiger partial charge in [0.05, 0.1) is 0 Å². The summed E-state index contributed by atoms with van der Waals surface area (Å²) in [4.78, 5) is 30.9. The fourth-order valence-electron chi connectivity index (χ4n) is 4.82. The Labute approximate surface area is 181 Å². The lowest BCUT2D eigenvalue weighted by molar-refractivity contribution is 0.272. The van der Waals surface area contributed by atoms with E-state index in [-0.39, 0.29) is 23.7 Å². The fraction of sp³-hybridized carbons (Fsp3) is 0.609. The minimum atomic E-state index is -0.560. The molecule has 2 fully saturated rings. The number of hydrogen-bond donors (Lipinski definition) is 1. The van der Waals surface area contributed by atoms with Crippen LogP contribution < -0.4 is 11.2 Å². The number of azo groups is 1. The first-order chi connectivity index (χ1) is 15.1. The quantitative estimate of drug-likeness (QED) is 0.673. The van der Waals surface area contributed by atoms with E-state index in [0.717, 1.165) is 76.2 Å². The summed E-state index contributed by atoms with van der Waals surface area (Å²) in [5.74, 6) is -0.0153. The standard InChI is InChI=1S/C23H31N5O3/c1-2-16-13-14-19(24-15-16)25-26-20-21(29)27(17-9-5-3-6-10-17)23(31)28(22(20)30)18-11-7-4-8-12-18/h13-15,17-18,29H,2-12H2,1H3. The summed E-state index contributed by atoms with van der Waals surface area (Å²) in [6.07, 6.45) is 12.0. The molecule has 166 valence electrons. The maximum Gasteiger partial charge on any atom is 0.334 e. The Morgan fingerprint density at radius 2 is 1.55 bits per heavy atom. The molecule has 0 aliphatic heterocycles. The van der Waals surface area contributed by atoms with Crippen LogP contribution in [-0.4, -0.2) is 19.2 Å². The second-order valence-electron chi connectivity index (χ2n) is 8.66. The van der Waals surface area contributed by atoms with Crippen molar-refractivity contribution in [2.24, 2.45) is 10.2 Å². The predicted octanol–water partition coefficient (Wildman–Crippen LogP) is 5.10. The Morgan fingerprint density at radius 1 is 0.935 bits per heavy atom. The number of nitrogens with zero attached hydrogens (tertiary/aromatic N) is 5. The number of hydrogen-bond acceptors (Lipinski definition) is 6. The summed E-state index contributed by atoms with van der Waals surface area (Å²) in [7, 11) is 0. The van der Waals surface area contributed by atoms with E-state index in [4.69, 9.17) is 0 Å². The smallest absolute Gasteiger partial charge is 0.334 e. The van der Waals surface area contributed by atoms with Crippen molar-refractivity contribution in [3.63, 3.8) is 0 Å². The largest absolute Gasteiger partial charge is 0.493 e. The monoisotopic (exact) mass is 425 g/mol. The molecule has 2 saturated carbocycles. The van der Waals surface area contributed by atoms with Crippen LogP contribution in [0.5, 0.6) is 5.88 Å². The molecule has 0 aromatic carbocycles. The van der Waals surface area contributed by atoms with E-state index in [2.05, 4.69) is 15.2 Å². The minimum Gasteiger partial charge on any atom is -0.493 e. The van der Waals surface area contributed by atoms with Gasteiger partial charge in [-0.3, -0.25) is 13.9 Å². The first kappa shape index (κ1) is 21.5. The van der Waals surface area contributed by atoms with E-state index in [0.29, 0.717) is 5.82 Å². The van der Waals surface area contributed by atoms with Crippen molar-refractivity contribution in [3.8, 4) is 5.88 Å². The van der Waals surface area contributed by atoms with Crippen LogP contribution in [0.3, 0.4) is 0 Å². The lowest BCUT2D eigenvalue weighted by atomic mass is 9.94. The van der Waals surface area contributed by atoms with E-state index in [1.807, 2.05) is 13.0 Å². The number of aromatic hydroxyl groups is 1. The van der Waals surface area contributed by atoms with Gasteiger partial charge < -0.3 is 5.11 Å². The number of pyridine rings is 1. The molecular formula is C23H31N5O3. The molecule has 4 rings (SSSR count). The Hall–Kier alpha value is -2.77. The summed E-state index contributed by atoms with van der Waals surface area (Å²) in [6, 6.07) is 3.37. The van der Waals surface area contributed by atoms with Crippen molar-refractivity contribution in [1.29, 1.82) is 0 Å². The van der Waals surface area contributed by atoms with Crippen LogP contribution in [0.25, 0.3) is 0 Å². The van der Waals surface area contributed by atoms with E-state index >= 15 is 0 Å². The lowest BCUT2D eigenvalue weighted by Crippen LogP contribution is -2.43. The normalized spacial score (nSPS) is 18.6. The van der Waals surface area contributed by atoms with E-state index in [1.165, 1.54) is 9.13 Å². The molecule has 0 unspecified atom stereocenters. The Morgan fingerprint density at radius 3 is 2.10 bits per heavy atom. The van der Waals surface area contributed by atoms with E-state index in [1.54, 1.807) is 12.3 Å². The van der Waals surface area contributed by atoms with Crippen LogP contribution in [0.2, 0.25) is 0 Å². The molecule has 0 saturated heterocycles. The molecule has 8 heteroatoms. The van der Waals surface area contributed by atoms with Crippen LogP contribution in [0, 0.1) is 0 Å². The van der Waals surface area contributed by atoms with Gasteiger partial charge in [-0.1, -0.05) is 51.5 Å². The Kier molecular flexibility index (Phi) is 6.63. The highest BCUT2D eigenvalue weighted by molar-refractivity contribution is 5.45. The van der Waals surface area contributed by atoms with Gasteiger partial charge in [0.1, 0.15) is 0 Å². The SMILES string of the molecule is CCc1ccc(N=Nc2c(O)n(C3CCCCC3)c(=O)n(C3CCCCC3)c2=O)nc1. The third kappa shape index (κ3) is 4.48. The molecule has 31 heavy (non-hydrogen) atoms. The molecule has 0 amide bonds. The molecule has 2 heterocycles. The molecule has 1 N–H and O–H groups in total. The average Bonchev–Trinajstić information content (AvgIpc) is 2.81. The Balaban J connectivity index is 1.81. The lowest BCUT2D eigenvalue weighted by Gasteiger charge is -2.28. The van der Waals surface area contributed by atoms with Gasteiger partial charge in [-0.2, -0.15) is 0 Å². The zero-order chi connectivity index (χ0) is 21.8. The van der Waals surface area contributed by atoms with Crippen molar-refractivity contribution < 1.29 is 5.11 Å². The molecule has 2 aliphatic carbocycles. The topological polar surface area (TPSA) is 102 Å². The third-order valence-electron chi connectivity index (χ3n) is 6.62. The third-order valence-corrected chi connectivity index (χ3v) is 6.62. The molecule has 8 nitrogen and oxygen atoms in total. The van der Waals surface area contributed by atoms with E-state index < -0.39 is 11.2 Å². The summed E-state index contributed by atoms with van der Waals surface area (Å²) in [5.41, 5.74) is -0.0644. The first-order valence-corrected chi connectivity index (χ1v) is 11.6. The minimum absolute atomic E-state index is 0.118. The molecule has 0 bridgehead atoms. The van der Waals surface area contributed by atoms with Crippen molar-refractivity contribution in [3.05, 3.63) is 44.7 Å². The molecular weight excluding hydrogens is 394 g/mol. The van der Waals surface area contributed by atoms with Crippen LogP contribution >= 0.6 is 0 Å². The molecule has 2 aromatic rings. The zero-order valence-corrected chi connectivity index (χ0v) is 18.2. The van der Waals surface area contributed by atoms with Gasteiger partial charge in [0.15, 0.2) is 5.82 Å². The number of rotatable bonds is 5. The van der Waals surface area contributed by atoms with Gasteiger partial charge in [0, 0.05) is 18.3 Å². The summed E-state index contributed by atoms with van der Waals surface area (Å²) in [6.45, 7) is 2.04. The zero-order valence-electron chi connectivity index (χ0n) is 18.2. The second-order valence-corrected chi connectivity index (χ2v) is 8.66. The molecule has 2 aromatic heterocycles. The molecule has 0 spiro atoms. The van der Waals surface area contributed by atoms with Gasteiger partial charge >= 0.3 is 5.69 Å². The highest BCUT2D eigenvalue weighted by Gasteiger charge is 2.29. The highest BCUT2D eigenvalue weighted by atomic mass is 16.3. The molecule has 0 atom stereocenters. The molecule has 2 aliphatic rings. The van der Waals surface area contributed by atoms with Gasteiger partial charge in [-0.25, -0.2) is 9.78 Å². The van der Waals surface area contributed by atoms with Crippen LogP contribution in [0.15, 0.2) is 38.1 Å². The number of aryl methyl sites for hydroxylation is 1. The number of aromatic nitrogens is 3. The second kappa shape index (κ2) is 9.58. The maximum absolute atomic E-state index is 13.4. The van der Waals surface area contributed by atoms with Crippen LogP contribution in [-0.2, 0) is 6.42 Å². The van der Waals surface area contributed by atoms with Crippen molar-refractivity contribution >= 4 is 11.5 Å².